The van der Waals surface area contributed by atoms with E-state index in [-0.39, 0.29) is 24.9 Å². The first-order chi connectivity index (χ1) is 18.0. The first-order valence-electron chi connectivity index (χ1n) is 12.4. The fourth-order valence-corrected chi connectivity index (χ4v) is 5.33. The lowest BCUT2D eigenvalue weighted by Gasteiger charge is -2.34. The van der Waals surface area contributed by atoms with Crippen LogP contribution in [-0.2, 0) is 32.6 Å². The lowest BCUT2D eigenvalue weighted by molar-refractivity contribution is -0.140. The largest absolute Gasteiger partial charge is 0.352 e. The standard InChI is InChI=1S/C29H34BrN3O4S/c1-21(2)31-29(35)27(18-23-11-6-5-7-12-23)32(19-24-14-16-25(30)17-15-24)28(34)20-33(38(4,36)37)26-13-9-8-10-22(26)3/h5-17,21,27H,18-20H2,1-4H3,(H,31,35)/t27-/m0/s1. The van der Waals surface area contributed by atoms with Gasteiger partial charge in [-0.3, -0.25) is 13.9 Å². The molecule has 0 saturated heterocycles. The van der Waals surface area contributed by atoms with Crippen molar-refractivity contribution in [1.29, 1.82) is 0 Å². The van der Waals surface area contributed by atoms with E-state index in [4.69, 9.17) is 0 Å². The minimum Gasteiger partial charge on any atom is -0.352 e. The van der Waals surface area contributed by atoms with Gasteiger partial charge in [-0.1, -0.05) is 76.6 Å². The molecule has 202 valence electrons. The second-order valence-corrected chi connectivity index (χ2v) is 12.4. The van der Waals surface area contributed by atoms with Crippen LogP contribution in [0.15, 0.2) is 83.3 Å². The van der Waals surface area contributed by atoms with E-state index in [9.17, 15) is 18.0 Å². The Morgan fingerprint density at radius 3 is 2.08 bits per heavy atom. The number of rotatable bonds is 11. The molecule has 0 spiro atoms. The fourth-order valence-electron chi connectivity index (χ4n) is 4.16. The summed E-state index contributed by atoms with van der Waals surface area (Å²) in [5, 5.41) is 2.95. The molecule has 0 saturated carbocycles. The molecule has 0 aromatic heterocycles. The molecule has 0 fully saturated rings. The van der Waals surface area contributed by atoms with Gasteiger partial charge in [-0.2, -0.15) is 0 Å². The zero-order chi connectivity index (χ0) is 27.9. The van der Waals surface area contributed by atoms with Crippen LogP contribution in [-0.4, -0.2) is 50.0 Å². The molecular weight excluding hydrogens is 566 g/mol. The number of carbonyl (C=O) groups is 2. The third-order valence-corrected chi connectivity index (χ3v) is 7.69. The van der Waals surface area contributed by atoms with Crippen molar-refractivity contribution in [3.05, 3.63) is 100 Å². The Labute approximate surface area is 234 Å². The number of hydrogen-bond acceptors (Lipinski definition) is 4. The Bertz CT molecular complexity index is 1350. The molecule has 3 rings (SSSR count). The SMILES string of the molecule is Cc1ccccc1N(CC(=O)N(Cc1ccc(Br)cc1)[C@@H](Cc1ccccc1)C(=O)NC(C)C)S(C)(=O)=O. The number of anilines is 1. The summed E-state index contributed by atoms with van der Waals surface area (Å²) in [6.07, 6.45) is 1.36. The average Bonchev–Trinajstić information content (AvgIpc) is 2.85. The minimum atomic E-state index is -3.79. The zero-order valence-electron chi connectivity index (χ0n) is 22.1. The van der Waals surface area contributed by atoms with Crippen LogP contribution >= 0.6 is 15.9 Å². The topological polar surface area (TPSA) is 86.8 Å². The van der Waals surface area contributed by atoms with Crippen molar-refractivity contribution in [1.82, 2.24) is 10.2 Å². The average molecular weight is 601 g/mol. The number of nitrogens with one attached hydrogen (secondary N) is 1. The van der Waals surface area contributed by atoms with Crippen LogP contribution in [0.4, 0.5) is 5.69 Å². The van der Waals surface area contributed by atoms with Gasteiger partial charge in [0.25, 0.3) is 0 Å². The van der Waals surface area contributed by atoms with Gasteiger partial charge >= 0.3 is 0 Å². The van der Waals surface area contributed by atoms with Crippen LogP contribution < -0.4 is 9.62 Å². The van der Waals surface area contributed by atoms with Gasteiger partial charge in [-0.15, -0.1) is 0 Å². The molecule has 38 heavy (non-hydrogen) atoms. The van der Waals surface area contributed by atoms with E-state index < -0.39 is 28.5 Å². The van der Waals surface area contributed by atoms with E-state index in [2.05, 4.69) is 21.2 Å². The summed E-state index contributed by atoms with van der Waals surface area (Å²) < 4.78 is 27.7. The van der Waals surface area contributed by atoms with Crippen LogP contribution in [0.2, 0.25) is 0 Å². The second-order valence-electron chi connectivity index (χ2n) is 9.57. The number of aryl methyl sites for hydroxylation is 1. The summed E-state index contributed by atoms with van der Waals surface area (Å²) >= 11 is 3.43. The molecule has 0 aliphatic rings. The number of nitrogens with zero attached hydrogens (tertiary/aromatic N) is 2. The summed E-state index contributed by atoms with van der Waals surface area (Å²) in [5.74, 6) is -0.766. The number of hydrogen-bond donors (Lipinski definition) is 1. The molecular formula is C29H34BrN3O4S. The van der Waals surface area contributed by atoms with Gasteiger partial charge < -0.3 is 10.2 Å². The Balaban J connectivity index is 2.06. The quantitative estimate of drug-likeness (QED) is 0.346. The van der Waals surface area contributed by atoms with Crippen molar-refractivity contribution >= 4 is 43.5 Å². The Hall–Kier alpha value is -3.17. The van der Waals surface area contributed by atoms with E-state index in [1.807, 2.05) is 74.5 Å². The Morgan fingerprint density at radius 2 is 1.50 bits per heavy atom. The van der Waals surface area contributed by atoms with Crippen molar-refractivity contribution < 1.29 is 18.0 Å². The number of sulfonamides is 1. The first kappa shape index (κ1) is 29.4. The van der Waals surface area contributed by atoms with Crippen LogP contribution in [0, 0.1) is 6.92 Å². The van der Waals surface area contributed by atoms with E-state index in [1.165, 1.54) is 4.90 Å². The summed E-state index contributed by atoms with van der Waals surface area (Å²) in [6, 6.07) is 23.0. The molecule has 1 atom stereocenters. The third kappa shape index (κ3) is 8.16. The fraction of sp³-hybridized carbons (Fsp3) is 0.310. The van der Waals surface area contributed by atoms with Gasteiger partial charge in [0.15, 0.2) is 0 Å². The molecule has 7 nitrogen and oxygen atoms in total. The highest BCUT2D eigenvalue weighted by molar-refractivity contribution is 9.10. The molecule has 0 aliphatic carbocycles. The monoisotopic (exact) mass is 599 g/mol. The van der Waals surface area contributed by atoms with E-state index >= 15 is 0 Å². The lowest BCUT2D eigenvalue weighted by atomic mass is 10.0. The van der Waals surface area contributed by atoms with E-state index in [0.717, 1.165) is 31.7 Å². The molecule has 3 aromatic rings. The van der Waals surface area contributed by atoms with Crippen LogP contribution in [0.3, 0.4) is 0 Å². The van der Waals surface area contributed by atoms with Crippen molar-refractivity contribution in [2.75, 3.05) is 17.1 Å². The molecule has 0 heterocycles. The minimum absolute atomic E-state index is 0.134. The number of para-hydroxylation sites is 1. The van der Waals surface area contributed by atoms with Crippen molar-refractivity contribution in [2.45, 2.75) is 45.8 Å². The van der Waals surface area contributed by atoms with Crippen molar-refractivity contribution in [3.8, 4) is 0 Å². The maximum absolute atomic E-state index is 14.0. The van der Waals surface area contributed by atoms with Crippen molar-refractivity contribution in [2.24, 2.45) is 0 Å². The Kier molecular flexibility index (Phi) is 10.1. The summed E-state index contributed by atoms with van der Waals surface area (Å²) in [5.41, 5.74) is 2.87. The van der Waals surface area contributed by atoms with E-state index in [1.54, 1.807) is 25.1 Å². The molecule has 0 unspecified atom stereocenters. The zero-order valence-corrected chi connectivity index (χ0v) is 24.5. The van der Waals surface area contributed by atoms with Gasteiger partial charge in [0, 0.05) is 23.5 Å². The number of benzene rings is 3. The highest BCUT2D eigenvalue weighted by Gasteiger charge is 2.33. The number of amides is 2. The van der Waals surface area contributed by atoms with Gasteiger partial charge in [0.2, 0.25) is 21.8 Å². The molecule has 2 amide bonds. The lowest BCUT2D eigenvalue weighted by Crippen LogP contribution is -2.54. The van der Waals surface area contributed by atoms with Gasteiger partial charge in [-0.25, -0.2) is 8.42 Å². The van der Waals surface area contributed by atoms with Crippen LogP contribution in [0.1, 0.15) is 30.5 Å². The number of halogens is 1. The summed E-state index contributed by atoms with van der Waals surface area (Å²) in [4.78, 5) is 29.0. The highest BCUT2D eigenvalue weighted by atomic mass is 79.9. The predicted molar refractivity (Wildman–Crippen MR) is 155 cm³/mol. The van der Waals surface area contributed by atoms with Crippen LogP contribution in [0.5, 0.6) is 0 Å². The Morgan fingerprint density at radius 1 is 0.895 bits per heavy atom. The maximum atomic E-state index is 14.0. The van der Waals surface area contributed by atoms with Gasteiger partial charge in [0.1, 0.15) is 12.6 Å². The summed E-state index contributed by atoms with van der Waals surface area (Å²) in [7, 11) is -3.79. The van der Waals surface area contributed by atoms with Crippen molar-refractivity contribution in [3.63, 3.8) is 0 Å². The molecule has 0 aliphatic heterocycles. The van der Waals surface area contributed by atoms with E-state index in [0.29, 0.717) is 5.69 Å². The molecule has 0 radical (unpaired) electrons. The van der Waals surface area contributed by atoms with Gasteiger partial charge in [-0.05, 0) is 55.7 Å². The summed E-state index contributed by atoms with van der Waals surface area (Å²) in [6.45, 7) is 5.23. The highest BCUT2D eigenvalue weighted by Crippen LogP contribution is 2.24. The first-order valence-corrected chi connectivity index (χ1v) is 15.0. The molecule has 0 bridgehead atoms. The predicted octanol–water partition coefficient (Wildman–Crippen LogP) is 4.69. The maximum Gasteiger partial charge on any atom is 0.244 e. The normalized spacial score (nSPS) is 12.2. The second kappa shape index (κ2) is 13.1. The smallest absolute Gasteiger partial charge is 0.244 e. The third-order valence-electron chi connectivity index (χ3n) is 6.03. The molecule has 3 aromatic carbocycles. The van der Waals surface area contributed by atoms with Crippen LogP contribution in [0.25, 0.3) is 0 Å². The molecule has 9 heteroatoms. The molecule has 1 N–H and O–H groups in total. The number of carbonyl (C=O) groups excluding carboxylic acids is 2. The van der Waals surface area contributed by atoms with Gasteiger partial charge in [0.05, 0.1) is 11.9 Å².